The van der Waals surface area contributed by atoms with Gasteiger partial charge in [0.1, 0.15) is 5.75 Å². The Kier molecular flexibility index (Phi) is 4.47. The number of hydrogen-bond acceptors (Lipinski definition) is 6. The molecule has 0 spiro atoms. The maximum atomic E-state index is 11.3. The summed E-state index contributed by atoms with van der Waals surface area (Å²) in [6, 6.07) is 9.95. The first-order chi connectivity index (χ1) is 10.5. The molecular weight excluding hydrogens is 288 g/mol. The minimum absolute atomic E-state index is 0.111. The molecule has 0 radical (unpaired) electrons. The minimum Gasteiger partial charge on any atom is -0.507 e. The van der Waals surface area contributed by atoms with E-state index in [0.717, 1.165) is 0 Å². The molecule has 0 aliphatic rings. The molecule has 22 heavy (non-hydrogen) atoms. The molecule has 7 nitrogen and oxygen atoms in total. The van der Waals surface area contributed by atoms with Gasteiger partial charge in [-0.25, -0.2) is 4.79 Å². The molecule has 0 aliphatic carbocycles. The summed E-state index contributed by atoms with van der Waals surface area (Å²) in [6.07, 6.45) is 1.31. The fourth-order valence-corrected chi connectivity index (χ4v) is 1.70. The number of nitrogens with zero attached hydrogens (tertiary/aromatic N) is 2. The standard InChI is InChI=1S/C15H12N2O5/c1-22-15(19)10-2-4-12(5-3-10)16-9-11-8-13(17(20)21)6-7-14(11)18/h2-9,18H,1H3. The number of nitro benzene ring substituents is 1. The number of phenols is 1. The third-order valence-corrected chi connectivity index (χ3v) is 2.86. The Morgan fingerprint density at radius 1 is 1.27 bits per heavy atom. The fourth-order valence-electron chi connectivity index (χ4n) is 1.70. The van der Waals surface area contributed by atoms with Crippen molar-refractivity contribution in [2.45, 2.75) is 0 Å². The SMILES string of the molecule is COC(=O)c1ccc(N=Cc2cc([N+](=O)[O-])ccc2O)cc1. The summed E-state index contributed by atoms with van der Waals surface area (Å²) in [7, 11) is 1.29. The predicted octanol–water partition coefficient (Wildman–Crippen LogP) is 2.84. The number of esters is 1. The molecule has 2 rings (SSSR count). The van der Waals surface area contributed by atoms with Gasteiger partial charge in [0.25, 0.3) is 5.69 Å². The van der Waals surface area contributed by atoms with Crippen LogP contribution in [0.4, 0.5) is 11.4 Å². The number of non-ortho nitro benzene ring substituents is 1. The van der Waals surface area contributed by atoms with Gasteiger partial charge in [-0.05, 0) is 30.3 Å². The highest BCUT2D eigenvalue weighted by atomic mass is 16.6. The van der Waals surface area contributed by atoms with E-state index in [2.05, 4.69) is 9.73 Å². The molecule has 0 aromatic heterocycles. The molecule has 0 fully saturated rings. The second-order valence-electron chi connectivity index (χ2n) is 4.30. The molecule has 0 saturated heterocycles. The Morgan fingerprint density at radius 2 is 1.95 bits per heavy atom. The highest BCUT2D eigenvalue weighted by molar-refractivity contribution is 5.90. The second-order valence-corrected chi connectivity index (χ2v) is 4.30. The number of aromatic hydroxyl groups is 1. The Bertz CT molecular complexity index is 738. The van der Waals surface area contributed by atoms with Gasteiger partial charge < -0.3 is 9.84 Å². The Morgan fingerprint density at radius 3 is 2.55 bits per heavy atom. The van der Waals surface area contributed by atoms with E-state index in [1.165, 1.54) is 31.5 Å². The van der Waals surface area contributed by atoms with E-state index >= 15 is 0 Å². The minimum atomic E-state index is -0.554. The first-order valence-electron chi connectivity index (χ1n) is 6.21. The van der Waals surface area contributed by atoms with Crippen LogP contribution in [0.25, 0.3) is 0 Å². The molecule has 0 heterocycles. The number of aliphatic imine (C=N–C) groups is 1. The number of carbonyl (C=O) groups excluding carboxylic acids is 1. The summed E-state index contributed by atoms with van der Waals surface area (Å²) in [5.74, 6) is -0.563. The van der Waals surface area contributed by atoms with E-state index in [1.54, 1.807) is 24.3 Å². The number of nitro groups is 1. The molecule has 0 bridgehead atoms. The summed E-state index contributed by atoms with van der Waals surface area (Å²) >= 11 is 0. The van der Waals surface area contributed by atoms with E-state index in [-0.39, 0.29) is 17.0 Å². The molecule has 7 heteroatoms. The second kappa shape index (κ2) is 6.49. The van der Waals surface area contributed by atoms with Crippen LogP contribution >= 0.6 is 0 Å². The van der Waals surface area contributed by atoms with Gasteiger partial charge in [-0.1, -0.05) is 0 Å². The first-order valence-corrected chi connectivity index (χ1v) is 6.21. The average molecular weight is 300 g/mol. The third kappa shape index (κ3) is 3.45. The molecule has 0 saturated carbocycles. The molecule has 1 N–H and O–H groups in total. The van der Waals surface area contributed by atoms with Crippen molar-refractivity contribution in [3.05, 3.63) is 63.7 Å². The van der Waals surface area contributed by atoms with Gasteiger partial charge in [0.05, 0.1) is 23.3 Å². The normalized spacial score (nSPS) is 10.6. The Hall–Kier alpha value is -3.22. The lowest BCUT2D eigenvalue weighted by molar-refractivity contribution is -0.384. The van der Waals surface area contributed by atoms with Crippen molar-refractivity contribution in [3.63, 3.8) is 0 Å². The van der Waals surface area contributed by atoms with Crippen LogP contribution in [0.15, 0.2) is 47.5 Å². The largest absolute Gasteiger partial charge is 0.507 e. The van der Waals surface area contributed by atoms with Crippen LogP contribution < -0.4 is 0 Å². The third-order valence-electron chi connectivity index (χ3n) is 2.86. The number of hydrogen-bond donors (Lipinski definition) is 1. The first kappa shape index (κ1) is 15.2. The van der Waals surface area contributed by atoms with Crippen LogP contribution in [0.5, 0.6) is 5.75 Å². The van der Waals surface area contributed by atoms with Crippen LogP contribution in [-0.2, 0) is 4.74 Å². The summed E-state index contributed by atoms with van der Waals surface area (Å²) in [5, 5.41) is 20.4. The van der Waals surface area contributed by atoms with E-state index < -0.39 is 10.9 Å². The van der Waals surface area contributed by atoms with E-state index in [4.69, 9.17) is 0 Å². The lowest BCUT2D eigenvalue weighted by Gasteiger charge is -2.00. The maximum Gasteiger partial charge on any atom is 0.337 e. The lowest BCUT2D eigenvalue weighted by Crippen LogP contribution is -1.99. The highest BCUT2D eigenvalue weighted by Crippen LogP contribution is 2.22. The van der Waals surface area contributed by atoms with Crippen LogP contribution in [0.1, 0.15) is 15.9 Å². The van der Waals surface area contributed by atoms with Crippen molar-refractivity contribution in [2.75, 3.05) is 7.11 Å². The van der Waals surface area contributed by atoms with Crippen molar-refractivity contribution in [3.8, 4) is 5.75 Å². The quantitative estimate of drug-likeness (QED) is 0.405. The topological polar surface area (TPSA) is 102 Å². The summed E-state index contributed by atoms with van der Waals surface area (Å²) in [4.78, 5) is 25.5. The number of carbonyl (C=O) groups is 1. The highest BCUT2D eigenvalue weighted by Gasteiger charge is 2.09. The van der Waals surface area contributed by atoms with Gasteiger partial charge in [0.15, 0.2) is 0 Å². The summed E-state index contributed by atoms with van der Waals surface area (Å²) < 4.78 is 4.58. The molecule has 2 aromatic carbocycles. The van der Waals surface area contributed by atoms with Gasteiger partial charge in [0, 0.05) is 23.9 Å². The number of benzene rings is 2. The molecule has 0 amide bonds. The fraction of sp³-hybridized carbons (Fsp3) is 0.0667. The summed E-state index contributed by atoms with van der Waals surface area (Å²) in [6.45, 7) is 0. The van der Waals surface area contributed by atoms with E-state index in [1.807, 2.05) is 0 Å². The molecule has 0 unspecified atom stereocenters. The van der Waals surface area contributed by atoms with Crippen molar-refractivity contribution >= 4 is 23.6 Å². The number of phenolic OH excluding ortho intramolecular Hbond substituents is 1. The zero-order chi connectivity index (χ0) is 16.1. The zero-order valence-corrected chi connectivity index (χ0v) is 11.6. The van der Waals surface area contributed by atoms with Crippen molar-refractivity contribution < 1.29 is 19.6 Å². The van der Waals surface area contributed by atoms with Gasteiger partial charge in [0.2, 0.25) is 0 Å². The average Bonchev–Trinajstić information content (AvgIpc) is 2.53. The van der Waals surface area contributed by atoms with Gasteiger partial charge in [-0.3, -0.25) is 15.1 Å². The Balaban J connectivity index is 2.23. The molecular formula is C15H12N2O5. The smallest absolute Gasteiger partial charge is 0.337 e. The monoisotopic (exact) mass is 300 g/mol. The lowest BCUT2D eigenvalue weighted by atomic mass is 10.2. The molecule has 0 aliphatic heterocycles. The molecule has 112 valence electrons. The van der Waals surface area contributed by atoms with E-state index in [9.17, 15) is 20.0 Å². The number of ether oxygens (including phenoxy) is 1. The zero-order valence-electron chi connectivity index (χ0n) is 11.6. The van der Waals surface area contributed by atoms with Gasteiger partial charge in [-0.2, -0.15) is 0 Å². The van der Waals surface area contributed by atoms with Crippen molar-refractivity contribution in [2.24, 2.45) is 4.99 Å². The molecule has 2 aromatic rings. The molecule has 0 atom stereocenters. The van der Waals surface area contributed by atoms with E-state index in [0.29, 0.717) is 11.3 Å². The van der Waals surface area contributed by atoms with Crippen molar-refractivity contribution in [1.82, 2.24) is 0 Å². The van der Waals surface area contributed by atoms with Crippen LogP contribution in [0, 0.1) is 10.1 Å². The summed E-state index contributed by atoms with van der Waals surface area (Å²) in [5.41, 5.74) is 1.00. The number of rotatable bonds is 4. The van der Waals surface area contributed by atoms with Crippen LogP contribution in [0.3, 0.4) is 0 Å². The van der Waals surface area contributed by atoms with Gasteiger partial charge in [-0.15, -0.1) is 0 Å². The van der Waals surface area contributed by atoms with Crippen LogP contribution in [-0.4, -0.2) is 29.3 Å². The Labute approximate surface area is 125 Å². The predicted molar refractivity (Wildman–Crippen MR) is 79.8 cm³/mol. The maximum absolute atomic E-state index is 11.3. The van der Waals surface area contributed by atoms with Crippen molar-refractivity contribution in [1.29, 1.82) is 0 Å². The van der Waals surface area contributed by atoms with Crippen LogP contribution in [0.2, 0.25) is 0 Å². The number of methoxy groups -OCH3 is 1. The van der Waals surface area contributed by atoms with Gasteiger partial charge >= 0.3 is 5.97 Å².